The number of likely N-dealkylation sites (tertiary alicyclic amines) is 1. The molecule has 1 heterocycles. The molecule has 0 saturated carbocycles. The normalized spacial score (nSPS) is 18.9. The third-order valence-corrected chi connectivity index (χ3v) is 5.60. The van der Waals surface area contributed by atoms with Gasteiger partial charge in [-0.1, -0.05) is 41.4 Å². The number of benzene rings is 2. The summed E-state index contributed by atoms with van der Waals surface area (Å²) in [6.07, 6.45) is 1.83. The number of nitrogens with one attached hydrogen (secondary N) is 1. The zero-order chi connectivity index (χ0) is 19.4. The van der Waals surface area contributed by atoms with E-state index >= 15 is 0 Å². The zero-order valence-electron chi connectivity index (χ0n) is 15.2. The molecule has 0 aromatic heterocycles. The average molecular weight is 409 g/mol. The predicted octanol–water partition coefficient (Wildman–Crippen LogP) is 5.22. The van der Waals surface area contributed by atoms with Gasteiger partial charge in [0.25, 0.3) is 0 Å². The first-order chi connectivity index (χ1) is 12.9. The van der Waals surface area contributed by atoms with Gasteiger partial charge >= 0.3 is 0 Å². The zero-order valence-corrected chi connectivity index (χ0v) is 16.7. The summed E-state index contributed by atoms with van der Waals surface area (Å²) in [6, 6.07) is 11.6. The summed E-state index contributed by atoms with van der Waals surface area (Å²) in [6.45, 7) is 4.25. The third-order valence-electron chi connectivity index (χ3n) is 5.01. The van der Waals surface area contributed by atoms with Crippen LogP contribution in [0.3, 0.4) is 0 Å². The minimum absolute atomic E-state index is 0.0405. The lowest BCUT2D eigenvalue weighted by atomic mass is 9.96. The maximum Gasteiger partial charge on any atom is 0.224 e. The van der Waals surface area contributed by atoms with Crippen molar-refractivity contribution >= 4 is 29.1 Å². The number of rotatable bonds is 5. The minimum atomic E-state index is -0.277. The first-order valence-electron chi connectivity index (χ1n) is 9.14. The molecular weight excluding hydrogens is 386 g/mol. The van der Waals surface area contributed by atoms with Crippen molar-refractivity contribution < 1.29 is 9.18 Å². The molecule has 2 aromatic rings. The van der Waals surface area contributed by atoms with Crippen molar-refractivity contribution in [2.75, 3.05) is 13.1 Å². The molecule has 6 heteroatoms. The molecule has 1 aliphatic heterocycles. The maximum atomic E-state index is 13.1. The number of piperidine rings is 1. The smallest absolute Gasteiger partial charge is 0.224 e. The highest BCUT2D eigenvalue weighted by Gasteiger charge is 2.27. The quantitative estimate of drug-likeness (QED) is 0.734. The van der Waals surface area contributed by atoms with E-state index in [2.05, 4.69) is 10.2 Å². The van der Waals surface area contributed by atoms with Gasteiger partial charge in [-0.3, -0.25) is 9.69 Å². The molecule has 0 unspecified atom stereocenters. The minimum Gasteiger partial charge on any atom is -0.349 e. The third kappa shape index (κ3) is 5.44. The van der Waals surface area contributed by atoms with Gasteiger partial charge in [-0.05, 0) is 61.7 Å². The van der Waals surface area contributed by atoms with E-state index in [0.717, 1.165) is 30.5 Å². The second kappa shape index (κ2) is 9.05. The Hall–Kier alpha value is -1.62. The lowest BCUT2D eigenvalue weighted by molar-refractivity contribution is -0.127. The van der Waals surface area contributed by atoms with Crippen molar-refractivity contribution in [1.29, 1.82) is 0 Å². The molecule has 1 saturated heterocycles. The molecule has 0 spiro atoms. The fourth-order valence-electron chi connectivity index (χ4n) is 3.47. The summed E-state index contributed by atoms with van der Waals surface area (Å²) in [5.74, 6) is -0.299. The highest BCUT2D eigenvalue weighted by atomic mass is 35.5. The van der Waals surface area contributed by atoms with Crippen LogP contribution in [0.25, 0.3) is 0 Å². The molecule has 3 rings (SSSR count). The van der Waals surface area contributed by atoms with Crippen LogP contribution in [-0.2, 0) is 11.3 Å². The van der Waals surface area contributed by atoms with Crippen molar-refractivity contribution in [3.63, 3.8) is 0 Å². The first-order valence-corrected chi connectivity index (χ1v) is 9.90. The van der Waals surface area contributed by atoms with E-state index in [1.54, 1.807) is 18.2 Å². The predicted molar refractivity (Wildman–Crippen MR) is 107 cm³/mol. The van der Waals surface area contributed by atoms with Crippen molar-refractivity contribution in [3.05, 3.63) is 69.5 Å². The molecular formula is C21H23Cl2FN2O. The number of hydrogen-bond acceptors (Lipinski definition) is 2. The van der Waals surface area contributed by atoms with Gasteiger partial charge in [-0.15, -0.1) is 0 Å². The van der Waals surface area contributed by atoms with Crippen molar-refractivity contribution in [2.45, 2.75) is 32.4 Å². The number of amides is 1. The van der Waals surface area contributed by atoms with Crippen LogP contribution in [0.1, 0.15) is 36.9 Å². The Morgan fingerprint density at radius 3 is 2.70 bits per heavy atom. The van der Waals surface area contributed by atoms with Crippen LogP contribution in [0, 0.1) is 11.7 Å². The lowest BCUT2D eigenvalue weighted by Gasteiger charge is -2.32. The monoisotopic (exact) mass is 408 g/mol. The van der Waals surface area contributed by atoms with Gasteiger partial charge in [-0.2, -0.15) is 0 Å². The van der Waals surface area contributed by atoms with Gasteiger partial charge in [0.15, 0.2) is 0 Å². The standard InChI is InChI=1S/C21H23Cl2FN2O/c1-14(15-5-8-19(24)9-6-15)25-21(27)17-3-2-10-26(13-17)12-16-4-7-18(22)11-20(16)23/h4-9,11,14,17H,2-3,10,12-13H2,1H3,(H,25,27)/t14-,17+/m1/s1. The summed E-state index contributed by atoms with van der Waals surface area (Å²) in [5, 5.41) is 4.33. The Bertz CT molecular complexity index is 797. The molecule has 1 aliphatic rings. The fourth-order valence-corrected chi connectivity index (χ4v) is 3.94. The molecule has 1 amide bonds. The van der Waals surface area contributed by atoms with E-state index in [1.165, 1.54) is 12.1 Å². The molecule has 1 fully saturated rings. The molecule has 0 bridgehead atoms. The van der Waals surface area contributed by atoms with Gasteiger partial charge in [0, 0.05) is 23.1 Å². The molecule has 1 N–H and O–H groups in total. The van der Waals surface area contributed by atoms with Gasteiger partial charge in [-0.25, -0.2) is 4.39 Å². The number of carbonyl (C=O) groups excluding carboxylic acids is 1. The van der Waals surface area contributed by atoms with Crippen LogP contribution in [-0.4, -0.2) is 23.9 Å². The highest BCUT2D eigenvalue weighted by Crippen LogP contribution is 2.25. The Labute approximate surface area is 169 Å². The SMILES string of the molecule is C[C@@H](NC(=O)[C@H]1CCCN(Cc2ccc(Cl)cc2Cl)C1)c1ccc(F)cc1. The number of halogens is 3. The summed E-state index contributed by atoms with van der Waals surface area (Å²) < 4.78 is 13.1. The summed E-state index contributed by atoms with van der Waals surface area (Å²) >= 11 is 12.2. The molecule has 2 atom stereocenters. The van der Waals surface area contributed by atoms with Crippen LogP contribution in [0.2, 0.25) is 10.0 Å². The van der Waals surface area contributed by atoms with Gasteiger partial charge in [0.2, 0.25) is 5.91 Å². The Balaban J connectivity index is 1.58. The second-order valence-corrected chi connectivity index (χ2v) is 7.94. The van der Waals surface area contributed by atoms with Gasteiger partial charge < -0.3 is 5.32 Å². The van der Waals surface area contributed by atoms with E-state index in [-0.39, 0.29) is 23.7 Å². The molecule has 27 heavy (non-hydrogen) atoms. The van der Waals surface area contributed by atoms with Gasteiger partial charge in [0.05, 0.1) is 12.0 Å². The summed E-state index contributed by atoms with van der Waals surface area (Å²) in [4.78, 5) is 15.0. The molecule has 2 aromatic carbocycles. The van der Waals surface area contributed by atoms with E-state index < -0.39 is 0 Å². The molecule has 3 nitrogen and oxygen atoms in total. The van der Waals surface area contributed by atoms with Crippen LogP contribution >= 0.6 is 23.2 Å². The van der Waals surface area contributed by atoms with E-state index in [1.807, 2.05) is 19.1 Å². The molecule has 144 valence electrons. The van der Waals surface area contributed by atoms with Crippen molar-refractivity contribution in [2.24, 2.45) is 5.92 Å². The van der Waals surface area contributed by atoms with E-state index in [9.17, 15) is 9.18 Å². The van der Waals surface area contributed by atoms with Gasteiger partial charge in [0.1, 0.15) is 5.82 Å². The summed E-state index contributed by atoms with van der Waals surface area (Å²) in [5.41, 5.74) is 1.91. The molecule has 0 aliphatic carbocycles. The van der Waals surface area contributed by atoms with Crippen molar-refractivity contribution in [1.82, 2.24) is 10.2 Å². The van der Waals surface area contributed by atoms with Crippen LogP contribution in [0.15, 0.2) is 42.5 Å². The Kier molecular flexibility index (Phi) is 6.74. The van der Waals surface area contributed by atoms with Crippen LogP contribution < -0.4 is 5.32 Å². The highest BCUT2D eigenvalue weighted by molar-refractivity contribution is 6.35. The molecule has 0 radical (unpaired) electrons. The number of carbonyl (C=O) groups is 1. The topological polar surface area (TPSA) is 32.3 Å². The van der Waals surface area contributed by atoms with E-state index in [4.69, 9.17) is 23.2 Å². The fraction of sp³-hybridized carbons (Fsp3) is 0.381. The first kappa shape index (κ1) is 20.1. The Morgan fingerprint density at radius 1 is 1.26 bits per heavy atom. The number of nitrogens with zero attached hydrogens (tertiary/aromatic N) is 1. The van der Waals surface area contributed by atoms with Crippen LogP contribution in [0.4, 0.5) is 4.39 Å². The maximum absolute atomic E-state index is 13.1. The van der Waals surface area contributed by atoms with E-state index in [0.29, 0.717) is 23.1 Å². The van der Waals surface area contributed by atoms with Crippen molar-refractivity contribution in [3.8, 4) is 0 Å². The van der Waals surface area contributed by atoms with Crippen LogP contribution in [0.5, 0.6) is 0 Å². The number of hydrogen-bond donors (Lipinski definition) is 1. The summed E-state index contributed by atoms with van der Waals surface area (Å²) in [7, 11) is 0. The second-order valence-electron chi connectivity index (χ2n) is 7.09. The largest absolute Gasteiger partial charge is 0.349 e. The Morgan fingerprint density at radius 2 is 2.00 bits per heavy atom. The average Bonchev–Trinajstić information content (AvgIpc) is 2.65. The lowest BCUT2D eigenvalue weighted by Crippen LogP contribution is -2.43.